The van der Waals surface area contributed by atoms with Crippen LogP contribution in [0.5, 0.6) is 0 Å². The first kappa shape index (κ1) is 22.1. The topological polar surface area (TPSA) is 37.4 Å². The van der Waals surface area contributed by atoms with Crippen molar-refractivity contribution in [2.45, 2.75) is 29.1 Å². The molecule has 0 fully saturated rings. The lowest BCUT2D eigenvalue weighted by atomic mass is 9.81. The maximum atomic E-state index is 13.4. The summed E-state index contributed by atoms with van der Waals surface area (Å²) < 4.78 is 26.8. The molecule has 1 heterocycles. The van der Waals surface area contributed by atoms with Gasteiger partial charge in [-0.2, -0.15) is 0 Å². The number of hydrogen-bond acceptors (Lipinski definition) is 3. The Balaban J connectivity index is 1.42. The summed E-state index contributed by atoms with van der Waals surface area (Å²) in [5.41, 5.74) is 9.04. The van der Waals surface area contributed by atoms with Crippen molar-refractivity contribution in [1.29, 1.82) is 0 Å². The molecule has 0 aromatic heterocycles. The number of para-hydroxylation sites is 2. The molecule has 1 aliphatic heterocycles. The molecule has 0 spiro atoms. The molecule has 4 heteroatoms. The van der Waals surface area contributed by atoms with Gasteiger partial charge in [-0.3, -0.25) is 0 Å². The van der Waals surface area contributed by atoms with Crippen molar-refractivity contribution in [2.24, 2.45) is 0 Å². The van der Waals surface area contributed by atoms with E-state index in [9.17, 15) is 8.42 Å². The van der Waals surface area contributed by atoms with Gasteiger partial charge in [-0.15, -0.1) is 0 Å². The maximum Gasteiger partial charge on any atom is 0.207 e. The Morgan fingerprint density at radius 3 is 1.78 bits per heavy atom. The highest BCUT2D eigenvalue weighted by molar-refractivity contribution is 7.92. The Morgan fingerprint density at radius 1 is 0.514 bits per heavy atom. The molecule has 0 N–H and O–H groups in total. The summed E-state index contributed by atoms with van der Waals surface area (Å²) in [6.07, 6.45) is 0. The minimum absolute atomic E-state index is 0.282. The molecule has 3 nitrogen and oxygen atoms in total. The molecular formula is C33H25NO2S. The zero-order chi connectivity index (χ0) is 25.4. The lowest BCUT2D eigenvalue weighted by molar-refractivity contribution is 0.598. The zero-order valence-corrected chi connectivity index (χ0v) is 21.5. The van der Waals surface area contributed by atoms with E-state index in [2.05, 4.69) is 91.5 Å². The fourth-order valence-electron chi connectivity index (χ4n) is 5.96. The minimum atomic E-state index is -3.53. The molecule has 1 aliphatic carbocycles. The van der Waals surface area contributed by atoms with Crippen LogP contribution in [0.3, 0.4) is 0 Å². The van der Waals surface area contributed by atoms with Crippen molar-refractivity contribution in [2.75, 3.05) is 4.90 Å². The van der Waals surface area contributed by atoms with Gasteiger partial charge in [-0.1, -0.05) is 74.5 Å². The van der Waals surface area contributed by atoms with Crippen molar-refractivity contribution in [1.82, 2.24) is 0 Å². The van der Waals surface area contributed by atoms with E-state index in [1.807, 2.05) is 30.3 Å². The van der Waals surface area contributed by atoms with Gasteiger partial charge in [0.25, 0.3) is 0 Å². The second-order valence-corrected chi connectivity index (χ2v) is 12.1. The summed E-state index contributed by atoms with van der Waals surface area (Å²) in [4.78, 5) is 3.08. The summed E-state index contributed by atoms with van der Waals surface area (Å²) in [6, 6.07) is 38.6. The number of hydrogen-bond donors (Lipinski definition) is 0. The summed E-state index contributed by atoms with van der Waals surface area (Å²) in [5, 5.41) is 0. The molecule has 0 atom stereocenters. The predicted octanol–water partition coefficient (Wildman–Crippen LogP) is 8.28. The van der Waals surface area contributed by atoms with Crippen LogP contribution in [0.1, 0.15) is 25.0 Å². The van der Waals surface area contributed by atoms with Crippen LogP contribution in [-0.4, -0.2) is 8.42 Å². The van der Waals surface area contributed by atoms with E-state index in [4.69, 9.17) is 0 Å². The van der Waals surface area contributed by atoms with Gasteiger partial charge in [-0.25, -0.2) is 8.42 Å². The first-order valence-electron chi connectivity index (χ1n) is 12.5. The van der Waals surface area contributed by atoms with Crippen molar-refractivity contribution in [3.8, 4) is 22.3 Å². The molecule has 0 bridgehead atoms. The second-order valence-electron chi connectivity index (χ2n) is 10.3. The molecule has 180 valence electrons. The summed E-state index contributed by atoms with van der Waals surface area (Å²) in [5.74, 6) is 0. The van der Waals surface area contributed by atoms with E-state index < -0.39 is 9.84 Å². The average Bonchev–Trinajstić information content (AvgIpc) is 3.28. The SMILES string of the molecule is CC1(C)c2cc(N(c3ccccc3)c3ccccc3)ccc2-c2cc3c(cc21)-c1ccccc1S3(=O)=O. The fourth-order valence-corrected chi connectivity index (χ4v) is 7.66. The number of benzene rings is 5. The molecule has 5 aromatic rings. The molecular weight excluding hydrogens is 474 g/mol. The van der Waals surface area contributed by atoms with Crippen molar-refractivity contribution in [3.05, 3.63) is 126 Å². The highest BCUT2D eigenvalue weighted by Crippen LogP contribution is 2.55. The minimum Gasteiger partial charge on any atom is -0.310 e. The first-order valence-corrected chi connectivity index (χ1v) is 13.9. The normalized spacial score (nSPS) is 15.4. The summed E-state index contributed by atoms with van der Waals surface area (Å²) in [7, 11) is -3.53. The monoisotopic (exact) mass is 499 g/mol. The van der Waals surface area contributed by atoms with Crippen LogP contribution in [0, 0.1) is 0 Å². The molecule has 7 rings (SSSR count). The van der Waals surface area contributed by atoms with E-state index in [1.54, 1.807) is 12.1 Å². The van der Waals surface area contributed by atoms with Gasteiger partial charge >= 0.3 is 0 Å². The Bertz CT molecular complexity index is 1770. The van der Waals surface area contributed by atoms with Crippen molar-refractivity contribution in [3.63, 3.8) is 0 Å². The molecule has 37 heavy (non-hydrogen) atoms. The lowest BCUT2D eigenvalue weighted by Gasteiger charge is -2.28. The van der Waals surface area contributed by atoms with Crippen LogP contribution in [0.2, 0.25) is 0 Å². The highest BCUT2D eigenvalue weighted by atomic mass is 32.2. The smallest absolute Gasteiger partial charge is 0.207 e. The van der Waals surface area contributed by atoms with Gasteiger partial charge in [0.2, 0.25) is 9.84 Å². The number of nitrogens with zero attached hydrogens (tertiary/aromatic N) is 1. The molecule has 0 unspecified atom stereocenters. The van der Waals surface area contributed by atoms with E-state index in [-0.39, 0.29) is 5.41 Å². The number of fused-ring (bicyclic) bond motifs is 6. The Kier molecular flexibility index (Phi) is 4.58. The van der Waals surface area contributed by atoms with Crippen LogP contribution in [0.25, 0.3) is 22.3 Å². The van der Waals surface area contributed by atoms with Crippen LogP contribution in [0.4, 0.5) is 17.1 Å². The largest absolute Gasteiger partial charge is 0.310 e. The molecule has 0 radical (unpaired) electrons. The van der Waals surface area contributed by atoms with Gasteiger partial charge in [-0.05, 0) is 76.9 Å². The van der Waals surface area contributed by atoms with Gasteiger partial charge in [0.05, 0.1) is 9.79 Å². The van der Waals surface area contributed by atoms with E-state index in [0.29, 0.717) is 9.79 Å². The Labute approximate surface area is 217 Å². The Morgan fingerprint density at radius 2 is 1.11 bits per heavy atom. The van der Waals surface area contributed by atoms with Crippen molar-refractivity contribution >= 4 is 26.9 Å². The third-order valence-electron chi connectivity index (χ3n) is 7.80. The van der Waals surface area contributed by atoms with E-state index in [0.717, 1.165) is 44.9 Å². The van der Waals surface area contributed by atoms with Gasteiger partial charge in [0.1, 0.15) is 0 Å². The maximum absolute atomic E-state index is 13.4. The zero-order valence-electron chi connectivity index (χ0n) is 20.6. The van der Waals surface area contributed by atoms with Crippen LogP contribution in [0.15, 0.2) is 125 Å². The van der Waals surface area contributed by atoms with Crippen molar-refractivity contribution < 1.29 is 8.42 Å². The van der Waals surface area contributed by atoms with Crippen LogP contribution < -0.4 is 4.90 Å². The fraction of sp³-hybridized carbons (Fsp3) is 0.0909. The molecule has 0 saturated heterocycles. The predicted molar refractivity (Wildman–Crippen MR) is 150 cm³/mol. The van der Waals surface area contributed by atoms with Crippen LogP contribution >= 0.6 is 0 Å². The summed E-state index contributed by atoms with van der Waals surface area (Å²) in [6.45, 7) is 4.47. The van der Waals surface area contributed by atoms with Gasteiger partial charge in [0, 0.05) is 33.6 Å². The standard InChI is InChI=1S/C33H25NO2S/c1-33(2)29-19-24(34(22-11-5-3-6-12-22)23-13-7-4-8-14-23)17-18-25(29)27-21-32-28(20-30(27)33)26-15-9-10-16-31(26)37(32,35)36/h3-21H,1-2H3. The second kappa shape index (κ2) is 7.67. The molecule has 0 saturated carbocycles. The number of sulfone groups is 1. The Hall–Kier alpha value is -4.15. The van der Waals surface area contributed by atoms with Gasteiger partial charge in [0.15, 0.2) is 0 Å². The number of anilines is 3. The molecule has 0 amide bonds. The third-order valence-corrected chi connectivity index (χ3v) is 9.65. The third kappa shape index (κ3) is 3.09. The average molecular weight is 500 g/mol. The quantitative estimate of drug-likeness (QED) is 0.246. The summed E-state index contributed by atoms with van der Waals surface area (Å²) >= 11 is 0. The molecule has 5 aromatic carbocycles. The van der Waals surface area contributed by atoms with E-state index >= 15 is 0 Å². The highest BCUT2D eigenvalue weighted by Gasteiger charge is 2.41. The molecule has 2 aliphatic rings. The van der Waals surface area contributed by atoms with Gasteiger partial charge < -0.3 is 4.90 Å². The first-order chi connectivity index (χ1) is 17.9. The van der Waals surface area contributed by atoms with E-state index in [1.165, 1.54) is 5.56 Å². The number of rotatable bonds is 3. The lowest BCUT2D eigenvalue weighted by Crippen LogP contribution is -2.16. The van der Waals surface area contributed by atoms with Crippen LogP contribution in [-0.2, 0) is 15.3 Å².